The Kier molecular flexibility index (Phi) is 5.40. The minimum absolute atomic E-state index is 0.0508. The number of allylic oxidation sites excluding steroid dienone is 5. The minimum atomic E-state index is -0.970. The third-order valence-corrected chi connectivity index (χ3v) is 6.64. The third-order valence-electron chi connectivity index (χ3n) is 3.35. The summed E-state index contributed by atoms with van der Waals surface area (Å²) in [5.41, 5.74) is 0.630. The van der Waals surface area contributed by atoms with Gasteiger partial charge in [0.2, 0.25) is 0 Å². The van der Waals surface area contributed by atoms with Crippen LogP contribution in [0.25, 0.3) is 11.1 Å². The molecule has 0 atom stereocenters. The van der Waals surface area contributed by atoms with Gasteiger partial charge in [0.05, 0.1) is 13.1 Å². The molecule has 0 saturated carbocycles. The Hall–Kier alpha value is -1.13. The SMILES string of the molecule is C=C1C(c2ccc(Br)s2)=C(F)C(F)=C(c2ccc(Br)s2)/C1=N/N(C)N. The van der Waals surface area contributed by atoms with Gasteiger partial charge in [-0.1, -0.05) is 6.58 Å². The first kappa shape index (κ1) is 18.7. The molecule has 0 amide bonds. The van der Waals surface area contributed by atoms with Crippen molar-refractivity contribution in [1.82, 2.24) is 5.12 Å². The molecule has 3 nitrogen and oxygen atoms in total. The van der Waals surface area contributed by atoms with Crippen LogP contribution in [0.5, 0.6) is 0 Å². The summed E-state index contributed by atoms with van der Waals surface area (Å²) in [5.74, 6) is 3.72. The van der Waals surface area contributed by atoms with Crippen LogP contribution in [0.4, 0.5) is 8.78 Å². The monoisotopic (exact) mass is 505 g/mol. The molecule has 0 aliphatic heterocycles. The molecule has 0 bridgehead atoms. The number of hydrogen-bond acceptors (Lipinski definition) is 5. The fourth-order valence-electron chi connectivity index (χ4n) is 2.37. The second-order valence-corrected chi connectivity index (χ2v) is 10.0. The zero-order valence-electron chi connectivity index (χ0n) is 12.8. The van der Waals surface area contributed by atoms with E-state index in [1.54, 1.807) is 24.3 Å². The first-order valence-corrected chi connectivity index (χ1v) is 10.1. The van der Waals surface area contributed by atoms with Crippen molar-refractivity contribution in [3.8, 4) is 0 Å². The van der Waals surface area contributed by atoms with E-state index in [1.807, 2.05) is 0 Å². The van der Waals surface area contributed by atoms with E-state index in [9.17, 15) is 4.39 Å². The number of rotatable bonds is 3. The highest BCUT2D eigenvalue weighted by atomic mass is 79.9. The van der Waals surface area contributed by atoms with Gasteiger partial charge in [-0.15, -0.1) is 22.7 Å². The number of hydrazone groups is 1. The summed E-state index contributed by atoms with van der Waals surface area (Å²) in [5, 5.41) is 5.22. The maximum atomic E-state index is 15.0. The molecule has 0 aromatic carbocycles. The maximum absolute atomic E-state index is 15.0. The van der Waals surface area contributed by atoms with Gasteiger partial charge in [-0.3, -0.25) is 0 Å². The quantitative estimate of drug-likeness (QED) is 0.402. The Morgan fingerprint density at radius 1 is 1.00 bits per heavy atom. The highest BCUT2D eigenvalue weighted by molar-refractivity contribution is 9.11. The molecule has 25 heavy (non-hydrogen) atoms. The molecule has 0 saturated heterocycles. The average Bonchev–Trinajstić information content (AvgIpc) is 3.14. The number of thiophene rings is 2. The number of nitrogens with zero attached hydrogens (tertiary/aromatic N) is 2. The normalized spacial score (nSPS) is 17.0. The van der Waals surface area contributed by atoms with Crippen molar-refractivity contribution in [2.45, 2.75) is 0 Å². The first-order chi connectivity index (χ1) is 11.8. The second-order valence-electron chi connectivity index (χ2n) is 5.09. The van der Waals surface area contributed by atoms with Gasteiger partial charge in [-0.2, -0.15) is 5.10 Å². The van der Waals surface area contributed by atoms with Crippen molar-refractivity contribution >= 4 is 71.4 Å². The van der Waals surface area contributed by atoms with E-state index in [-0.39, 0.29) is 22.4 Å². The Morgan fingerprint density at radius 3 is 1.92 bits per heavy atom. The predicted octanol–water partition coefficient (Wildman–Crippen LogP) is 6.13. The van der Waals surface area contributed by atoms with Gasteiger partial charge in [0.25, 0.3) is 0 Å². The van der Waals surface area contributed by atoms with Crippen molar-refractivity contribution < 1.29 is 8.78 Å². The predicted molar refractivity (Wildman–Crippen MR) is 109 cm³/mol. The molecule has 2 heterocycles. The van der Waals surface area contributed by atoms with Crippen LogP contribution in [0.3, 0.4) is 0 Å². The van der Waals surface area contributed by atoms with Crippen LogP contribution in [0.2, 0.25) is 0 Å². The smallest absolute Gasteiger partial charge is 0.170 e. The van der Waals surface area contributed by atoms with E-state index in [0.29, 0.717) is 9.75 Å². The van der Waals surface area contributed by atoms with Gasteiger partial charge in [-0.25, -0.2) is 19.7 Å². The molecule has 0 radical (unpaired) electrons. The van der Waals surface area contributed by atoms with Gasteiger partial charge in [0.15, 0.2) is 11.7 Å². The summed E-state index contributed by atoms with van der Waals surface area (Å²) in [6.07, 6.45) is 0. The van der Waals surface area contributed by atoms with Gasteiger partial charge in [0, 0.05) is 27.9 Å². The molecule has 1 aliphatic rings. The molecular formula is C16H11Br2F2N3S2. The van der Waals surface area contributed by atoms with Crippen LogP contribution in [0.1, 0.15) is 9.75 Å². The van der Waals surface area contributed by atoms with E-state index >= 15 is 4.39 Å². The highest BCUT2D eigenvalue weighted by Gasteiger charge is 2.33. The Labute approximate surface area is 168 Å². The van der Waals surface area contributed by atoms with Crippen LogP contribution in [0.15, 0.2) is 60.7 Å². The lowest BCUT2D eigenvalue weighted by atomic mass is 9.88. The van der Waals surface area contributed by atoms with E-state index < -0.39 is 11.7 Å². The molecule has 3 rings (SSSR count). The van der Waals surface area contributed by atoms with Crippen LogP contribution in [-0.4, -0.2) is 17.9 Å². The van der Waals surface area contributed by atoms with Crippen LogP contribution >= 0.6 is 54.5 Å². The number of halogens is 4. The molecule has 0 spiro atoms. The van der Waals surface area contributed by atoms with Crippen molar-refractivity contribution in [1.29, 1.82) is 0 Å². The molecule has 0 fully saturated rings. The summed E-state index contributed by atoms with van der Waals surface area (Å²) in [6.45, 7) is 3.96. The molecular weight excluding hydrogens is 496 g/mol. The molecule has 9 heteroatoms. The van der Waals surface area contributed by atoms with Gasteiger partial charge >= 0.3 is 0 Å². The lowest BCUT2D eigenvalue weighted by molar-refractivity contribution is 0.373. The lowest BCUT2D eigenvalue weighted by Crippen LogP contribution is -2.24. The molecule has 2 aromatic heterocycles. The summed E-state index contributed by atoms with van der Waals surface area (Å²) < 4.78 is 31.5. The number of hydrogen-bond donors (Lipinski definition) is 1. The van der Waals surface area contributed by atoms with Crippen molar-refractivity contribution in [3.63, 3.8) is 0 Å². The van der Waals surface area contributed by atoms with E-state index in [1.165, 1.54) is 29.7 Å². The van der Waals surface area contributed by atoms with Crippen LogP contribution in [-0.2, 0) is 0 Å². The van der Waals surface area contributed by atoms with E-state index in [4.69, 9.17) is 5.84 Å². The topological polar surface area (TPSA) is 41.6 Å². The van der Waals surface area contributed by atoms with E-state index in [2.05, 4.69) is 43.5 Å². The highest BCUT2D eigenvalue weighted by Crippen LogP contribution is 2.46. The van der Waals surface area contributed by atoms with Gasteiger partial charge < -0.3 is 0 Å². The molecule has 0 unspecified atom stereocenters. The molecule has 2 N–H and O–H groups in total. The standard InChI is InChI=1S/C16H11Br2F2N3S2/c1-7-12(8-3-5-10(17)24-8)14(19)15(20)13(16(7)22-23(2)21)9-4-6-11(18)25-9/h3-6H,1,21H2,2H3/b22-16+. The minimum Gasteiger partial charge on any atom is -0.235 e. The summed E-state index contributed by atoms with van der Waals surface area (Å²) in [7, 11) is 1.51. The fourth-order valence-corrected chi connectivity index (χ4v) is 5.25. The molecule has 1 aliphatic carbocycles. The Morgan fingerprint density at radius 2 is 1.48 bits per heavy atom. The van der Waals surface area contributed by atoms with Gasteiger partial charge in [-0.05, 0) is 56.1 Å². The van der Waals surface area contributed by atoms with E-state index in [0.717, 1.165) is 12.7 Å². The Bertz CT molecular complexity index is 954. The fraction of sp³-hybridized carbons (Fsp3) is 0.0625. The lowest BCUT2D eigenvalue weighted by Gasteiger charge is -2.22. The van der Waals surface area contributed by atoms with Crippen molar-refractivity contribution in [2.24, 2.45) is 10.9 Å². The average molecular weight is 507 g/mol. The van der Waals surface area contributed by atoms with Crippen LogP contribution < -0.4 is 5.84 Å². The number of hydrazine groups is 1. The summed E-state index contributed by atoms with van der Waals surface area (Å²) in [4.78, 5) is 1.09. The molecule has 130 valence electrons. The Balaban J connectivity index is 2.28. The third kappa shape index (κ3) is 3.56. The summed E-state index contributed by atoms with van der Waals surface area (Å²) >= 11 is 9.24. The maximum Gasteiger partial charge on any atom is 0.170 e. The van der Waals surface area contributed by atoms with Crippen molar-refractivity contribution in [2.75, 3.05) is 7.05 Å². The van der Waals surface area contributed by atoms with Crippen LogP contribution in [0, 0.1) is 0 Å². The molecule has 2 aromatic rings. The van der Waals surface area contributed by atoms with Crippen molar-refractivity contribution in [3.05, 3.63) is 65.4 Å². The number of nitrogens with two attached hydrogens (primary N) is 1. The zero-order chi connectivity index (χ0) is 18.3. The first-order valence-electron chi connectivity index (χ1n) is 6.88. The zero-order valence-corrected chi connectivity index (χ0v) is 17.6. The van der Waals surface area contributed by atoms with Gasteiger partial charge in [0.1, 0.15) is 5.71 Å². The largest absolute Gasteiger partial charge is 0.235 e. The summed E-state index contributed by atoms with van der Waals surface area (Å²) in [6, 6.07) is 6.94. The second kappa shape index (κ2) is 7.24.